The van der Waals surface area contributed by atoms with Gasteiger partial charge in [0.15, 0.2) is 0 Å². The van der Waals surface area contributed by atoms with Crippen molar-refractivity contribution in [3.05, 3.63) is 76.0 Å². The molecule has 8 nitrogen and oxygen atoms in total. The lowest BCUT2D eigenvalue weighted by atomic mass is 10.0. The van der Waals surface area contributed by atoms with Gasteiger partial charge in [-0.05, 0) is 61.0 Å². The van der Waals surface area contributed by atoms with Gasteiger partial charge >= 0.3 is 6.03 Å². The smallest absolute Gasteiger partial charge is 0.322 e. The summed E-state index contributed by atoms with van der Waals surface area (Å²) in [5.74, 6) is 1.27. The Morgan fingerprint density at radius 3 is 2.66 bits per heavy atom. The molecular formula is C29H35N3O5S. The summed E-state index contributed by atoms with van der Waals surface area (Å²) in [6.07, 6.45) is 1.41. The number of urea groups is 1. The van der Waals surface area contributed by atoms with Crippen molar-refractivity contribution in [2.45, 2.75) is 25.8 Å². The fraction of sp³-hybridized carbons (Fsp3) is 0.379. The predicted molar refractivity (Wildman–Crippen MR) is 149 cm³/mol. The first kappa shape index (κ1) is 27.5. The molecule has 0 saturated heterocycles. The molecule has 1 aliphatic rings. The van der Waals surface area contributed by atoms with E-state index >= 15 is 0 Å². The molecule has 1 atom stereocenters. The molecule has 38 heavy (non-hydrogen) atoms. The fourth-order valence-electron chi connectivity index (χ4n) is 4.49. The van der Waals surface area contributed by atoms with Crippen molar-refractivity contribution in [2.75, 3.05) is 52.4 Å². The van der Waals surface area contributed by atoms with E-state index < -0.39 is 0 Å². The third-order valence-corrected chi connectivity index (χ3v) is 7.55. The standard InChI is InChI=1S/C29H35N3O5S/c1-21-8-10-22(11-9-21)30-29(34)31(14-5-16-35-2)19-28(33)32-15-12-27-25(13-17-38-27)26(32)20-37-24-7-4-6-23(18-24)36-3/h4,6-11,13,17-18,26H,5,12,14-16,19-20H2,1-3H3,(H,30,34)/t26-/m1/s1. The zero-order chi connectivity index (χ0) is 26.9. The predicted octanol–water partition coefficient (Wildman–Crippen LogP) is 5.14. The van der Waals surface area contributed by atoms with Gasteiger partial charge in [-0.2, -0.15) is 0 Å². The SMILES string of the molecule is COCCCN(CC(=O)N1CCc2sccc2[C@H]1COc1cccc(OC)c1)C(=O)Nc1ccc(C)cc1. The van der Waals surface area contributed by atoms with Crippen molar-refractivity contribution < 1.29 is 23.8 Å². The van der Waals surface area contributed by atoms with E-state index in [-0.39, 0.29) is 24.5 Å². The molecule has 3 amide bonds. The van der Waals surface area contributed by atoms with Gasteiger partial charge in [-0.25, -0.2) is 4.79 Å². The van der Waals surface area contributed by atoms with Crippen molar-refractivity contribution in [1.29, 1.82) is 0 Å². The Labute approximate surface area is 228 Å². The van der Waals surface area contributed by atoms with Crippen LogP contribution in [-0.4, -0.2) is 68.8 Å². The van der Waals surface area contributed by atoms with Gasteiger partial charge in [0, 0.05) is 43.4 Å². The summed E-state index contributed by atoms with van der Waals surface area (Å²) in [7, 11) is 3.24. The van der Waals surface area contributed by atoms with Crippen molar-refractivity contribution in [1.82, 2.24) is 9.80 Å². The number of nitrogens with zero attached hydrogens (tertiary/aromatic N) is 2. The molecule has 0 saturated carbocycles. The van der Waals surface area contributed by atoms with Crippen LogP contribution in [0.5, 0.6) is 11.5 Å². The van der Waals surface area contributed by atoms with Gasteiger partial charge in [-0.3, -0.25) is 4.79 Å². The highest BCUT2D eigenvalue weighted by Crippen LogP contribution is 2.34. The number of carbonyl (C=O) groups excluding carboxylic acids is 2. The van der Waals surface area contributed by atoms with E-state index in [9.17, 15) is 9.59 Å². The van der Waals surface area contributed by atoms with Gasteiger partial charge in [0.05, 0.1) is 13.2 Å². The third kappa shape index (κ3) is 7.05. The molecule has 0 unspecified atom stereocenters. The van der Waals surface area contributed by atoms with Gasteiger partial charge in [0.25, 0.3) is 0 Å². The van der Waals surface area contributed by atoms with Crippen LogP contribution in [0.4, 0.5) is 10.5 Å². The summed E-state index contributed by atoms with van der Waals surface area (Å²) in [4.78, 5) is 31.6. The van der Waals surface area contributed by atoms with E-state index in [1.807, 2.05) is 60.4 Å². The number of anilines is 1. The molecule has 1 aromatic heterocycles. The van der Waals surface area contributed by atoms with Crippen molar-refractivity contribution in [3.63, 3.8) is 0 Å². The van der Waals surface area contributed by atoms with Crippen LogP contribution in [0.2, 0.25) is 0 Å². The molecule has 9 heteroatoms. The lowest BCUT2D eigenvalue weighted by molar-refractivity contribution is -0.135. The minimum atomic E-state index is -0.310. The molecule has 2 heterocycles. The Balaban J connectivity index is 1.48. The topological polar surface area (TPSA) is 80.3 Å². The van der Waals surface area contributed by atoms with Crippen LogP contribution in [0.3, 0.4) is 0 Å². The average molecular weight is 538 g/mol. The van der Waals surface area contributed by atoms with Crippen LogP contribution in [-0.2, 0) is 16.0 Å². The van der Waals surface area contributed by atoms with Crippen LogP contribution in [0.15, 0.2) is 60.0 Å². The Kier molecular flexibility index (Phi) is 9.62. The van der Waals surface area contributed by atoms with Crippen LogP contribution in [0, 0.1) is 6.92 Å². The number of ether oxygens (including phenoxy) is 3. The summed E-state index contributed by atoms with van der Waals surface area (Å²) in [5.41, 5.74) is 2.90. The van der Waals surface area contributed by atoms with Gasteiger partial charge < -0.3 is 29.3 Å². The molecule has 0 fully saturated rings. The third-order valence-electron chi connectivity index (χ3n) is 6.56. The van der Waals surface area contributed by atoms with E-state index in [0.717, 1.165) is 17.5 Å². The van der Waals surface area contributed by atoms with E-state index in [1.54, 1.807) is 30.5 Å². The lowest BCUT2D eigenvalue weighted by Gasteiger charge is -2.37. The number of methoxy groups -OCH3 is 2. The minimum absolute atomic E-state index is 0.0312. The normalized spacial score (nSPS) is 14.5. The molecule has 1 aliphatic heterocycles. The lowest BCUT2D eigenvalue weighted by Crippen LogP contribution is -2.49. The second-order valence-corrected chi connectivity index (χ2v) is 10.2. The molecule has 4 rings (SSSR count). The van der Waals surface area contributed by atoms with Crippen molar-refractivity contribution in [3.8, 4) is 11.5 Å². The number of hydrogen-bond acceptors (Lipinski definition) is 6. The first-order valence-electron chi connectivity index (χ1n) is 12.7. The zero-order valence-corrected chi connectivity index (χ0v) is 23.0. The Bertz CT molecular complexity index is 1210. The maximum atomic E-state index is 13.7. The van der Waals surface area contributed by atoms with Crippen molar-refractivity contribution >= 4 is 29.0 Å². The van der Waals surface area contributed by atoms with E-state index in [0.29, 0.717) is 49.9 Å². The number of rotatable bonds is 11. The fourth-order valence-corrected chi connectivity index (χ4v) is 5.41. The van der Waals surface area contributed by atoms with Gasteiger partial charge in [-0.1, -0.05) is 23.8 Å². The molecule has 0 aliphatic carbocycles. The number of fused-ring (bicyclic) bond motifs is 1. The van der Waals surface area contributed by atoms with Crippen LogP contribution >= 0.6 is 11.3 Å². The minimum Gasteiger partial charge on any atom is -0.497 e. The number of nitrogens with one attached hydrogen (secondary N) is 1. The first-order valence-corrected chi connectivity index (χ1v) is 13.6. The highest BCUT2D eigenvalue weighted by molar-refractivity contribution is 7.10. The molecule has 0 spiro atoms. The second kappa shape index (κ2) is 13.3. The summed E-state index contributed by atoms with van der Waals surface area (Å²) in [5, 5.41) is 4.98. The van der Waals surface area contributed by atoms with E-state index in [2.05, 4.69) is 16.8 Å². The molecule has 1 N–H and O–H groups in total. The van der Waals surface area contributed by atoms with Gasteiger partial charge in [0.2, 0.25) is 5.91 Å². The Morgan fingerprint density at radius 2 is 1.89 bits per heavy atom. The van der Waals surface area contributed by atoms with Crippen LogP contribution in [0.1, 0.15) is 28.5 Å². The Hall–Kier alpha value is -3.56. The number of thiophene rings is 1. The number of hydrogen-bond donors (Lipinski definition) is 1. The quantitative estimate of drug-likeness (QED) is 0.343. The second-order valence-electron chi connectivity index (χ2n) is 9.21. The molecule has 0 radical (unpaired) electrons. The summed E-state index contributed by atoms with van der Waals surface area (Å²) >= 11 is 1.70. The van der Waals surface area contributed by atoms with Gasteiger partial charge in [0.1, 0.15) is 24.7 Å². The summed E-state index contributed by atoms with van der Waals surface area (Å²) in [6, 6.07) is 16.5. The monoisotopic (exact) mass is 537 g/mol. The molecule has 2 aromatic carbocycles. The van der Waals surface area contributed by atoms with E-state index in [1.165, 1.54) is 4.88 Å². The first-order chi connectivity index (χ1) is 18.5. The maximum absolute atomic E-state index is 13.7. The maximum Gasteiger partial charge on any atom is 0.322 e. The molecule has 0 bridgehead atoms. The molecule has 202 valence electrons. The molecular weight excluding hydrogens is 502 g/mol. The number of benzene rings is 2. The summed E-state index contributed by atoms with van der Waals surface area (Å²) in [6.45, 7) is 3.75. The Morgan fingerprint density at radius 1 is 1.11 bits per heavy atom. The number of amides is 3. The highest BCUT2D eigenvalue weighted by atomic mass is 32.1. The highest BCUT2D eigenvalue weighted by Gasteiger charge is 2.33. The molecule has 3 aromatic rings. The largest absolute Gasteiger partial charge is 0.497 e. The number of carbonyl (C=O) groups is 2. The average Bonchev–Trinajstić information content (AvgIpc) is 3.42. The van der Waals surface area contributed by atoms with Crippen LogP contribution < -0.4 is 14.8 Å². The summed E-state index contributed by atoms with van der Waals surface area (Å²) < 4.78 is 16.6. The zero-order valence-electron chi connectivity index (χ0n) is 22.1. The van der Waals surface area contributed by atoms with Crippen LogP contribution in [0.25, 0.3) is 0 Å². The van der Waals surface area contributed by atoms with Gasteiger partial charge in [-0.15, -0.1) is 11.3 Å². The van der Waals surface area contributed by atoms with E-state index in [4.69, 9.17) is 14.2 Å². The van der Waals surface area contributed by atoms with Crippen molar-refractivity contribution in [2.24, 2.45) is 0 Å². The number of aryl methyl sites for hydroxylation is 1.